The largest absolute Gasteiger partial charge is 0.252 e. The second-order valence-corrected chi connectivity index (χ2v) is 5.39. The second kappa shape index (κ2) is 7.22. The minimum absolute atomic E-state index is 1.01. The number of rotatable bonds is 6. The lowest BCUT2D eigenvalue weighted by molar-refractivity contribution is 0.895. The molecule has 0 radical (unpaired) electrons. The summed E-state index contributed by atoms with van der Waals surface area (Å²) in [6.07, 6.45) is 2.56. The highest BCUT2D eigenvalue weighted by Crippen LogP contribution is 2.19. The Morgan fingerprint density at radius 1 is 1.00 bits per heavy atom. The number of unbranched alkanes of at least 4 members (excludes halogenated alkanes) is 1. The fourth-order valence-corrected chi connectivity index (χ4v) is 2.76. The fraction of sp³-hybridized carbons (Fsp3) is 0.312. The van der Waals surface area contributed by atoms with Gasteiger partial charge in [-0.15, -0.1) is 0 Å². The van der Waals surface area contributed by atoms with Gasteiger partial charge >= 0.3 is 0 Å². The molecule has 0 aliphatic rings. The van der Waals surface area contributed by atoms with Crippen molar-refractivity contribution in [2.24, 2.45) is 0 Å². The molecule has 1 aromatic heterocycles. The zero-order valence-corrected chi connectivity index (χ0v) is 11.6. The lowest BCUT2D eigenvalue weighted by Crippen LogP contribution is -1.91. The highest BCUT2D eigenvalue weighted by molar-refractivity contribution is 7.98. The Balaban J connectivity index is 2.02. The zero-order chi connectivity index (χ0) is 12.6. The Morgan fingerprint density at radius 2 is 1.83 bits per heavy atom. The van der Waals surface area contributed by atoms with E-state index in [4.69, 9.17) is 4.98 Å². The maximum absolute atomic E-state index is 4.72. The molecule has 0 aliphatic carbocycles. The van der Waals surface area contributed by atoms with Gasteiger partial charge in [0.2, 0.25) is 0 Å². The molecule has 2 aromatic rings. The average Bonchev–Trinajstić information content (AvgIpc) is 2.45. The second-order valence-electron chi connectivity index (χ2n) is 4.29. The molecule has 1 nitrogen and oxygen atoms in total. The Labute approximate surface area is 114 Å². The predicted molar refractivity (Wildman–Crippen MR) is 80.7 cm³/mol. The fourth-order valence-electron chi connectivity index (χ4n) is 1.75. The van der Waals surface area contributed by atoms with E-state index in [0.717, 1.165) is 11.4 Å². The maximum Gasteiger partial charge on any atom is 0.0705 e. The molecule has 0 bridgehead atoms. The van der Waals surface area contributed by atoms with Crippen molar-refractivity contribution in [1.29, 1.82) is 0 Å². The molecule has 2 rings (SSSR count). The van der Waals surface area contributed by atoms with Crippen molar-refractivity contribution in [2.75, 3.05) is 5.75 Å². The molecular formula is C16H19NS. The quantitative estimate of drug-likeness (QED) is 0.691. The number of nitrogens with zero attached hydrogens (tertiary/aromatic N) is 1. The highest BCUT2D eigenvalue weighted by atomic mass is 32.2. The van der Waals surface area contributed by atoms with Crippen LogP contribution in [0.5, 0.6) is 0 Å². The SMILES string of the molecule is CCCCSCc1cccc(-c2ccccc2)n1. The Kier molecular flexibility index (Phi) is 5.28. The molecule has 0 saturated heterocycles. The average molecular weight is 257 g/mol. The zero-order valence-electron chi connectivity index (χ0n) is 10.8. The van der Waals surface area contributed by atoms with Gasteiger partial charge < -0.3 is 0 Å². The molecule has 1 heterocycles. The van der Waals surface area contributed by atoms with Crippen LogP contribution in [0.4, 0.5) is 0 Å². The van der Waals surface area contributed by atoms with E-state index in [2.05, 4.69) is 49.4 Å². The molecule has 0 fully saturated rings. The lowest BCUT2D eigenvalue weighted by Gasteiger charge is -2.04. The molecule has 0 aliphatic heterocycles. The van der Waals surface area contributed by atoms with Crippen LogP contribution in [0.1, 0.15) is 25.5 Å². The van der Waals surface area contributed by atoms with Crippen molar-refractivity contribution in [2.45, 2.75) is 25.5 Å². The standard InChI is InChI=1S/C16H19NS/c1-2-3-12-18-13-15-10-7-11-16(17-15)14-8-5-4-6-9-14/h4-11H,2-3,12-13H2,1H3. The molecule has 0 N–H and O–H groups in total. The summed E-state index contributed by atoms with van der Waals surface area (Å²) in [6.45, 7) is 2.23. The first-order chi connectivity index (χ1) is 8.90. The molecule has 94 valence electrons. The number of thioether (sulfide) groups is 1. The van der Waals surface area contributed by atoms with Crippen LogP contribution in [0.2, 0.25) is 0 Å². The normalized spacial score (nSPS) is 10.5. The number of pyridine rings is 1. The van der Waals surface area contributed by atoms with E-state index in [-0.39, 0.29) is 0 Å². The number of hydrogen-bond acceptors (Lipinski definition) is 2. The third kappa shape index (κ3) is 3.88. The van der Waals surface area contributed by atoms with Crippen molar-refractivity contribution in [3.05, 3.63) is 54.2 Å². The van der Waals surface area contributed by atoms with Gasteiger partial charge in [-0.3, -0.25) is 4.98 Å². The minimum atomic E-state index is 1.01. The summed E-state index contributed by atoms with van der Waals surface area (Å²) in [6, 6.07) is 16.7. The number of aromatic nitrogens is 1. The predicted octanol–water partition coefficient (Wildman–Crippen LogP) is 4.78. The van der Waals surface area contributed by atoms with E-state index in [1.165, 1.54) is 29.9 Å². The summed E-state index contributed by atoms with van der Waals surface area (Å²) in [5.74, 6) is 2.24. The molecule has 0 unspecified atom stereocenters. The van der Waals surface area contributed by atoms with Crippen LogP contribution in [0.3, 0.4) is 0 Å². The van der Waals surface area contributed by atoms with E-state index in [1.807, 2.05) is 17.8 Å². The molecule has 0 spiro atoms. The first-order valence-corrected chi connectivity index (χ1v) is 7.64. The molecule has 1 aromatic carbocycles. The molecule has 0 atom stereocenters. The van der Waals surface area contributed by atoms with Crippen molar-refractivity contribution >= 4 is 11.8 Å². The van der Waals surface area contributed by atoms with Crippen LogP contribution in [0.15, 0.2) is 48.5 Å². The van der Waals surface area contributed by atoms with Gasteiger partial charge in [-0.1, -0.05) is 49.7 Å². The van der Waals surface area contributed by atoms with Crippen molar-refractivity contribution in [3.63, 3.8) is 0 Å². The Hall–Kier alpha value is -1.28. The summed E-state index contributed by atoms with van der Waals surface area (Å²) in [5, 5.41) is 0. The third-order valence-corrected chi connectivity index (χ3v) is 3.85. The van der Waals surface area contributed by atoms with Gasteiger partial charge in [0.1, 0.15) is 0 Å². The monoisotopic (exact) mass is 257 g/mol. The van der Waals surface area contributed by atoms with Gasteiger partial charge in [0.25, 0.3) is 0 Å². The van der Waals surface area contributed by atoms with Crippen molar-refractivity contribution in [3.8, 4) is 11.3 Å². The Morgan fingerprint density at radius 3 is 2.61 bits per heavy atom. The van der Waals surface area contributed by atoms with Gasteiger partial charge in [0.05, 0.1) is 11.4 Å². The molecule has 18 heavy (non-hydrogen) atoms. The first-order valence-electron chi connectivity index (χ1n) is 6.49. The first kappa shape index (κ1) is 13.2. The molecular weight excluding hydrogens is 238 g/mol. The summed E-state index contributed by atoms with van der Waals surface area (Å²) >= 11 is 1.97. The van der Waals surface area contributed by atoms with Gasteiger partial charge in [0.15, 0.2) is 0 Å². The van der Waals surface area contributed by atoms with Crippen LogP contribution in [0, 0.1) is 0 Å². The van der Waals surface area contributed by atoms with Crippen molar-refractivity contribution < 1.29 is 0 Å². The highest BCUT2D eigenvalue weighted by Gasteiger charge is 2.00. The van der Waals surface area contributed by atoms with Crippen LogP contribution < -0.4 is 0 Å². The van der Waals surface area contributed by atoms with Gasteiger partial charge in [-0.05, 0) is 24.3 Å². The van der Waals surface area contributed by atoms with Gasteiger partial charge in [0, 0.05) is 11.3 Å². The summed E-state index contributed by atoms with van der Waals surface area (Å²) < 4.78 is 0. The topological polar surface area (TPSA) is 12.9 Å². The Bertz CT molecular complexity index is 468. The summed E-state index contributed by atoms with van der Waals surface area (Å²) in [7, 11) is 0. The molecule has 2 heteroatoms. The van der Waals surface area contributed by atoms with Crippen molar-refractivity contribution in [1.82, 2.24) is 4.98 Å². The van der Waals surface area contributed by atoms with Crippen LogP contribution in [-0.4, -0.2) is 10.7 Å². The van der Waals surface area contributed by atoms with E-state index in [1.54, 1.807) is 0 Å². The maximum atomic E-state index is 4.72. The van der Waals surface area contributed by atoms with E-state index in [9.17, 15) is 0 Å². The summed E-state index contributed by atoms with van der Waals surface area (Å²) in [4.78, 5) is 4.72. The number of benzene rings is 1. The van der Waals surface area contributed by atoms with Crippen LogP contribution in [-0.2, 0) is 5.75 Å². The van der Waals surface area contributed by atoms with E-state index < -0.39 is 0 Å². The summed E-state index contributed by atoms with van der Waals surface area (Å²) in [5.41, 5.74) is 3.44. The molecule has 0 amide bonds. The van der Waals surface area contributed by atoms with E-state index in [0.29, 0.717) is 0 Å². The van der Waals surface area contributed by atoms with Gasteiger partial charge in [-0.2, -0.15) is 11.8 Å². The van der Waals surface area contributed by atoms with Gasteiger partial charge in [-0.25, -0.2) is 0 Å². The number of hydrogen-bond donors (Lipinski definition) is 0. The van der Waals surface area contributed by atoms with Crippen LogP contribution >= 0.6 is 11.8 Å². The molecule has 0 saturated carbocycles. The lowest BCUT2D eigenvalue weighted by atomic mass is 10.1. The smallest absolute Gasteiger partial charge is 0.0705 e. The minimum Gasteiger partial charge on any atom is -0.252 e. The van der Waals surface area contributed by atoms with Crippen LogP contribution in [0.25, 0.3) is 11.3 Å². The third-order valence-electron chi connectivity index (χ3n) is 2.77. The van der Waals surface area contributed by atoms with E-state index >= 15 is 0 Å².